The van der Waals surface area contributed by atoms with Crippen LogP contribution in [0.1, 0.15) is 266 Å². The highest BCUT2D eigenvalue weighted by molar-refractivity contribution is 5.77. The van der Waals surface area contributed by atoms with Crippen molar-refractivity contribution in [2.45, 2.75) is 272 Å². The lowest BCUT2D eigenvalue weighted by Crippen LogP contribution is -2.43. The number of unbranched alkanes of at least 4 members (excludes halogenated alkanes) is 18. The van der Waals surface area contributed by atoms with E-state index in [1.807, 2.05) is 0 Å². The molecule has 1 saturated heterocycles. The van der Waals surface area contributed by atoms with E-state index in [2.05, 4.69) is 58.7 Å². The summed E-state index contributed by atoms with van der Waals surface area (Å²) in [6, 6.07) is 0. The largest absolute Gasteiger partial charge is 0.466 e. The first-order chi connectivity index (χ1) is 32.1. The first-order valence-electron chi connectivity index (χ1n) is 29.0. The van der Waals surface area contributed by atoms with Gasteiger partial charge in [-0.05, 0) is 121 Å². The number of carbonyl (C=O) groups excluding carboxylic acids is 3. The maximum atomic E-state index is 13.7. The SMILES string of the molecule is CC/C=C\CC1C(CC(=O)OCCC(CCCCCCCCC2CC2CCCCCCCC)COC(=O)C(CCCCCC)CCCCCCCC)CCC1OC(=O)C1(C)CCN(C)CC1. The fourth-order valence-corrected chi connectivity index (χ4v) is 11.2. The molecule has 0 aromatic carbocycles. The molecule has 0 aromatic heterocycles. The predicted octanol–water partition coefficient (Wildman–Crippen LogP) is 16.3. The van der Waals surface area contributed by atoms with E-state index < -0.39 is 5.41 Å². The molecule has 2 aliphatic carbocycles. The third-order valence-corrected chi connectivity index (χ3v) is 16.3. The van der Waals surface area contributed by atoms with Gasteiger partial charge in [0.2, 0.25) is 0 Å². The van der Waals surface area contributed by atoms with Crippen LogP contribution in [-0.2, 0) is 28.6 Å². The van der Waals surface area contributed by atoms with Crippen LogP contribution in [0.2, 0.25) is 0 Å². The Balaban J connectivity index is 1.48. The summed E-state index contributed by atoms with van der Waals surface area (Å²) in [5.74, 6) is 2.27. The maximum Gasteiger partial charge on any atom is 0.312 e. The lowest BCUT2D eigenvalue weighted by Gasteiger charge is -2.37. The van der Waals surface area contributed by atoms with Crippen molar-refractivity contribution in [2.24, 2.45) is 40.9 Å². The molecule has 0 bridgehead atoms. The molecule has 3 rings (SSSR count). The zero-order valence-corrected chi connectivity index (χ0v) is 44.4. The van der Waals surface area contributed by atoms with Crippen LogP contribution in [-0.4, -0.2) is 62.3 Å². The summed E-state index contributed by atoms with van der Waals surface area (Å²) < 4.78 is 18.5. The third-order valence-electron chi connectivity index (χ3n) is 16.3. The van der Waals surface area contributed by atoms with E-state index in [1.54, 1.807) is 0 Å². The summed E-state index contributed by atoms with van der Waals surface area (Å²) in [6.45, 7) is 13.6. The minimum absolute atomic E-state index is 0.00334. The Hall–Kier alpha value is -1.89. The van der Waals surface area contributed by atoms with Crippen LogP contribution >= 0.6 is 0 Å². The number of allylic oxidation sites excluding steroid dienone is 2. The smallest absolute Gasteiger partial charge is 0.312 e. The number of carbonyl (C=O) groups is 3. The van der Waals surface area contributed by atoms with Gasteiger partial charge in [-0.2, -0.15) is 0 Å². The van der Waals surface area contributed by atoms with E-state index in [0.717, 1.165) is 108 Å². The first-order valence-corrected chi connectivity index (χ1v) is 29.0. The van der Waals surface area contributed by atoms with E-state index in [1.165, 1.54) is 141 Å². The van der Waals surface area contributed by atoms with Crippen molar-refractivity contribution in [3.05, 3.63) is 12.2 Å². The molecule has 7 heteroatoms. The molecule has 1 heterocycles. The van der Waals surface area contributed by atoms with Gasteiger partial charge < -0.3 is 19.1 Å². The number of hydrogen-bond acceptors (Lipinski definition) is 7. The van der Waals surface area contributed by atoms with Crippen LogP contribution in [0.3, 0.4) is 0 Å². The summed E-state index contributed by atoms with van der Waals surface area (Å²) in [4.78, 5) is 43.0. The fourth-order valence-electron chi connectivity index (χ4n) is 11.2. The number of nitrogens with zero attached hydrogens (tertiary/aromatic N) is 1. The van der Waals surface area contributed by atoms with Crippen molar-refractivity contribution in [1.82, 2.24) is 4.90 Å². The lowest BCUT2D eigenvalue weighted by molar-refractivity contribution is -0.165. The Bertz CT molecular complexity index is 1270. The molecule has 0 amide bonds. The highest BCUT2D eigenvalue weighted by atomic mass is 16.5. The van der Waals surface area contributed by atoms with Gasteiger partial charge in [-0.25, -0.2) is 0 Å². The first kappa shape index (κ1) is 58.4. The van der Waals surface area contributed by atoms with E-state index in [9.17, 15) is 14.4 Å². The summed E-state index contributed by atoms with van der Waals surface area (Å²) in [6.07, 6.45) is 46.0. The van der Waals surface area contributed by atoms with Crippen molar-refractivity contribution in [3.63, 3.8) is 0 Å². The van der Waals surface area contributed by atoms with Crippen LogP contribution in [0.4, 0.5) is 0 Å². The van der Waals surface area contributed by atoms with Gasteiger partial charge in [-0.15, -0.1) is 0 Å². The normalized spacial score (nSPS) is 22.7. The van der Waals surface area contributed by atoms with Crippen molar-refractivity contribution in [3.8, 4) is 0 Å². The second-order valence-electron chi connectivity index (χ2n) is 22.2. The number of piperidine rings is 1. The molecular weight excluding hydrogens is 819 g/mol. The fraction of sp³-hybridized carbons (Fsp3) is 0.915. The minimum atomic E-state index is -0.436. The van der Waals surface area contributed by atoms with E-state index in [4.69, 9.17) is 14.2 Å². The van der Waals surface area contributed by atoms with Gasteiger partial charge in [0, 0.05) is 12.3 Å². The molecule has 7 unspecified atom stereocenters. The Morgan fingerprint density at radius 2 is 1.15 bits per heavy atom. The Labute approximate surface area is 408 Å². The van der Waals surface area contributed by atoms with Gasteiger partial charge in [0.05, 0.1) is 24.5 Å². The van der Waals surface area contributed by atoms with Gasteiger partial charge >= 0.3 is 17.9 Å². The van der Waals surface area contributed by atoms with Crippen molar-refractivity contribution >= 4 is 17.9 Å². The quantitative estimate of drug-likeness (QED) is 0.0261. The van der Waals surface area contributed by atoms with Crippen molar-refractivity contribution < 1.29 is 28.6 Å². The average Bonchev–Trinajstić information content (AvgIpc) is 3.97. The van der Waals surface area contributed by atoms with Crippen LogP contribution in [0.5, 0.6) is 0 Å². The second kappa shape index (κ2) is 36.1. The molecule has 3 aliphatic rings. The summed E-state index contributed by atoms with van der Waals surface area (Å²) in [7, 11) is 2.11. The maximum absolute atomic E-state index is 13.7. The van der Waals surface area contributed by atoms with Gasteiger partial charge in [0.1, 0.15) is 6.10 Å². The van der Waals surface area contributed by atoms with Gasteiger partial charge in [0.25, 0.3) is 0 Å². The van der Waals surface area contributed by atoms with Gasteiger partial charge in [-0.1, -0.05) is 194 Å². The van der Waals surface area contributed by atoms with Crippen LogP contribution in [0.15, 0.2) is 12.2 Å². The molecule has 1 aliphatic heterocycles. The second-order valence-corrected chi connectivity index (χ2v) is 22.2. The van der Waals surface area contributed by atoms with E-state index in [0.29, 0.717) is 19.6 Å². The molecule has 66 heavy (non-hydrogen) atoms. The summed E-state index contributed by atoms with van der Waals surface area (Å²) >= 11 is 0. The molecule has 2 saturated carbocycles. The average molecular weight is 927 g/mol. The Kier molecular flexibility index (Phi) is 32.0. The molecular formula is C59H107NO6. The molecule has 0 radical (unpaired) electrons. The summed E-state index contributed by atoms with van der Waals surface area (Å²) in [5, 5.41) is 0. The lowest BCUT2D eigenvalue weighted by atomic mass is 9.80. The molecule has 0 spiro atoms. The van der Waals surface area contributed by atoms with Crippen molar-refractivity contribution in [2.75, 3.05) is 33.4 Å². The highest BCUT2D eigenvalue weighted by Gasteiger charge is 2.44. The Morgan fingerprint density at radius 1 is 0.621 bits per heavy atom. The molecule has 0 N–H and O–H groups in total. The number of esters is 3. The topological polar surface area (TPSA) is 82.1 Å². The van der Waals surface area contributed by atoms with E-state index in [-0.39, 0.29) is 47.7 Å². The number of hydrogen-bond donors (Lipinski definition) is 0. The predicted molar refractivity (Wildman–Crippen MR) is 276 cm³/mol. The van der Waals surface area contributed by atoms with Crippen LogP contribution in [0, 0.1) is 40.9 Å². The number of likely N-dealkylation sites (tertiary alicyclic amines) is 1. The zero-order valence-electron chi connectivity index (χ0n) is 44.4. The third kappa shape index (κ3) is 25.1. The van der Waals surface area contributed by atoms with Gasteiger partial charge in [0.15, 0.2) is 0 Å². The molecule has 384 valence electrons. The minimum Gasteiger partial charge on any atom is -0.466 e. The zero-order chi connectivity index (χ0) is 47.7. The van der Waals surface area contributed by atoms with E-state index >= 15 is 0 Å². The Morgan fingerprint density at radius 3 is 1.73 bits per heavy atom. The monoisotopic (exact) mass is 926 g/mol. The van der Waals surface area contributed by atoms with Crippen molar-refractivity contribution in [1.29, 1.82) is 0 Å². The number of ether oxygens (including phenoxy) is 3. The summed E-state index contributed by atoms with van der Waals surface area (Å²) in [5.41, 5.74) is -0.436. The number of rotatable bonds is 41. The van der Waals surface area contributed by atoms with Crippen LogP contribution < -0.4 is 0 Å². The molecule has 3 fully saturated rings. The molecule has 0 aromatic rings. The van der Waals surface area contributed by atoms with Gasteiger partial charge in [-0.3, -0.25) is 14.4 Å². The highest BCUT2D eigenvalue weighted by Crippen LogP contribution is 2.46. The van der Waals surface area contributed by atoms with Crippen LogP contribution in [0.25, 0.3) is 0 Å². The standard InChI is InChI=1S/C59H107NO6/c1-7-11-15-18-23-29-34-50(33-28-17-13-9-3)57(62)65-48-49(32-27-22-20-21-25-31-36-52-46-51(52)35-30-24-19-16-12-8-2)40-45-64-56(61)47-53-38-39-55(54(53)37-26-14-10-4)66-58(63)59(5)41-43-60(6)44-42-59/h14,26,49-55H,7-13,15-25,27-48H2,1-6H3/b26-14-. The molecule has 7 nitrogen and oxygen atoms in total. The molecule has 7 atom stereocenters.